The zero-order valence-corrected chi connectivity index (χ0v) is 12.3. The highest BCUT2D eigenvalue weighted by atomic mass is 79.9. The SMILES string of the molecule is CCCN(CCBr)c1ncc(Br)cc1C. The minimum atomic E-state index is 0.976. The maximum absolute atomic E-state index is 4.47. The van der Waals surface area contributed by atoms with Gasteiger partial charge in [-0.1, -0.05) is 22.9 Å². The van der Waals surface area contributed by atoms with Crippen molar-refractivity contribution < 1.29 is 0 Å². The summed E-state index contributed by atoms with van der Waals surface area (Å²) in [6.45, 7) is 6.35. The molecule has 0 N–H and O–H groups in total. The average Bonchev–Trinajstić information content (AvgIpc) is 2.17. The summed E-state index contributed by atoms with van der Waals surface area (Å²) in [7, 11) is 0. The molecule has 0 amide bonds. The number of halogens is 2. The van der Waals surface area contributed by atoms with E-state index in [0.29, 0.717) is 0 Å². The fourth-order valence-electron chi connectivity index (χ4n) is 1.56. The highest BCUT2D eigenvalue weighted by Crippen LogP contribution is 2.20. The van der Waals surface area contributed by atoms with Crippen LogP contribution in [-0.4, -0.2) is 23.4 Å². The van der Waals surface area contributed by atoms with Crippen LogP contribution < -0.4 is 4.90 Å². The van der Waals surface area contributed by atoms with Crippen LogP contribution in [0.25, 0.3) is 0 Å². The number of alkyl halides is 1. The van der Waals surface area contributed by atoms with E-state index in [1.54, 1.807) is 0 Å². The fourth-order valence-corrected chi connectivity index (χ4v) is 2.43. The zero-order chi connectivity index (χ0) is 11.3. The van der Waals surface area contributed by atoms with Gasteiger partial charge in [-0.2, -0.15) is 0 Å². The number of rotatable bonds is 5. The number of anilines is 1. The van der Waals surface area contributed by atoms with E-state index >= 15 is 0 Å². The van der Waals surface area contributed by atoms with Gasteiger partial charge in [0.2, 0.25) is 0 Å². The number of hydrogen-bond donors (Lipinski definition) is 0. The van der Waals surface area contributed by atoms with Crippen LogP contribution in [0.2, 0.25) is 0 Å². The Bertz CT molecular complexity index is 309. The molecule has 0 saturated heterocycles. The molecule has 0 atom stereocenters. The Morgan fingerprint density at radius 1 is 1.40 bits per heavy atom. The molecule has 0 radical (unpaired) electrons. The third-order valence-corrected chi connectivity index (χ3v) is 2.95. The van der Waals surface area contributed by atoms with Gasteiger partial charge in [-0.3, -0.25) is 0 Å². The third kappa shape index (κ3) is 3.76. The second-order valence-corrected chi connectivity index (χ2v) is 5.18. The van der Waals surface area contributed by atoms with Gasteiger partial charge in [0.05, 0.1) is 0 Å². The van der Waals surface area contributed by atoms with Crippen LogP contribution in [0.4, 0.5) is 5.82 Å². The molecule has 4 heteroatoms. The molecule has 84 valence electrons. The van der Waals surface area contributed by atoms with Crippen molar-refractivity contribution in [3.8, 4) is 0 Å². The quantitative estimate of drug-likeness (QED) is 0.761. The van der Waals surface area contributed by atoms with Gasteiger partial charge in [0.25, 0.3) is 0 Å². The minimum absolute atomic E-state index is 0.976. The lowest BCUT2D eigenvalue weighted by atomic mass is 10.2. The van der Waals surface area contributed by atoms with E-state index in [2.05, 4.69) is 61.7 Å². The predicted molar refractivity (Wildman–Crippen MR) is 73.0 cm³/mol. The Morgan fingerprint density at radius 3 is 2.67 bits per heavy atom. The van der Waals surface area contributed by atoms with Gasteiger partial charge in [-0.15, -0.1) is 0 Å². The smallest absolute Gasteiger partial charge is 0.131 e. The van der Waals surface area contributed by atoms with Crippen molar-refractivity contribution in [1.82, 2.24) is 4.98 Å². The van der Waals surface area contributed by atoms with E-state index < -0.39 is 0 Å². The van der Waals surface area contributed by atoms with Gasteiger partial charge in [0.15, 0.2) is 0 Å². The molecule has 0 unspecified atom stereocenters. The molecular weight excluding hydrogens is 320 g/mol. The van der Waals surface area contributed by atoms with Crippen molar-refractivity contribution in [2.75, 3.05) is 23.3 Å². The molecule has 1 aromatic rings. The highest BCUT2D eigenvalue weighted by Gasteiger charge is 2.09. The third-order valence-electron chi connectivity index (χ3n) is 2.16. The molecule has 0 aromatic carbocycles. The molecule has 0 fully saturated rings. The Hall–Kier alpha value is -0.0900. The summed E-state index contributed by atoms with van der Waals surface area (Å²) in [5.74, 6) is 1.10. The van der Waals surface area contributed by atoms with Crippen molar-refractivity contribution in [3.05, 3.63) is 22.3 Å². The van der Waals surface area contributed by atoms with Gasteiger partial charge < -0.3 is 4.90 Å². The van der Waals surface area contributed by atoms with Crippen LogP contribution in [0.5, 0.6) is 0 Å². The van der Waals surface area contributed by atoms with Gasteiger partial charge in [-0.25, -0.2) is 4.98 Å². The van der Waals surface area contributed by atoms with E-state index in [9.17, 15) is 0 Å². The Balaban J connectivity index is 2.89. The summed E-state index contributed by atoms with van der Waals surface area (Å²) in [6, 6.07) is 2.11. The summed E-state index contributed by atoms with van der Waals surface area (Å²) < 4.78 is 1.04. The molecule has 15 heavy (non-hydrogen) atoms. The molecule has 1 rings (SSSR count). The Morgan fingerprint density at radius 2 is 2.13 bits per heavy atom. The number of hydrogen-bond acceptors (Lipinski definition) is 2. The number of aromatic nitrogens is 1. The lowest BCUT2D eigenvalue weighted by molar-refractivity contribution is 0.780. The molecule has 0 aliphatic carbocycles. The van der Waals surface area contributed by atoms with Crippen molar-refractivity contribution >= 4 is 37.7 Å². The molecule has 1 aromatic heterocycles. The summed E-state index contributed by atoms with van der Waals surface area (Å²) in [5, 5.41) is 0.976. The van der Waals surface area contributed by atoms with Crippen LogP contribution in [-0.2, 0) is 0 Å². The summed E-state index contributed by atoms with van der Waals surface area (Å²) in [6.07, 6.45) is 3.00. The summed E-state index contributed by atoms with van der Waals surface area (Å²) in [4.78, 5) is 6.79. The number of nitrogens with zero attached hydrogens (tertiary/aromatic N) is 2. The van der Waals surface area contributed by atoms with Crippen LogP contribution in [0, 0.1) is 6.92 Å². The fraction of sp³-hybridized carbons (Fsp3) is 0.545. The second-order valence-electron chi connectivity index (χ2n) is 3.47. The van der Waals surface area contributed by atoms with E-state index in [4.69, 9.17) is 0 Å². The zero-order valence-electron chi connectivity index (χ0n) is 9.13. The normalized spacial score (nSPS) is 10.4. The average molecular weight is 336 g/mol. The first-order valence-electron chi connectivity index (χ1n) is 5.12. The molecule has 1 heterocycles. The van der Waals surface area contributed by atoms with Crippen LogP contribution in [0.3, 0.4) is 0 Å². The first-order chi connectivity index (χ1) is 7.19. The van der Waals surface area contributed by atoms with Crippen LogP contribution in [0.15, 0.2) is 16.7 Å². The van der Waals surface area contributed by atoms with E-state index in [1.165, 1.54) is 5.56 Å². The van der Waals surface area contributed by atoms with Gasteiger partial charge >= 0.3 is 0 Å². The monoisotopic (exact) mass is 334 g/mol. The highest BCUT2D eigenvalue weighted by molar-refractivity contribution is 9.10. The molecule has 2 nitrogen and oxygen atoms in total. The predicted octanol–water partition coefficient (Wildman–Crippen LogP) is 3.76. The van der Waals surface area contributed by atoms with E-state index in [-0.39, 0.29) is 0 Å². The van der Waals surface area contributed by atoms with Crippen molar-refractivity contribution in [3.63, 3.8) is 0 Å². The van der Waals surface area contributed by atoms with Gasteiger partial charge in [-0.05, 0) is 40.9 Å². The van der Waals surface area contributed by atoms with Crippen molar-refractivity contribution in [2.45, 2.75) is 20.3 Å². The standard InChI is InChI=1S/C11H16Br2N2/c1-3-5-15(6-4-12)11-9(2)7-10(13)8-14-11/h7-8H,3-6H2,1-2H3. The maximum atomic E-state index is 4.47. The van der Waals surface area contributed by atoms with Crippen molar-refractivity contribution in [1.29, 1.82) is 0 Å². The van der Waals surface area contributed by atoms with Crippen molar-refractivity contribution in [2.24, 2.45) is 0 Å². The molecule has 0 aliphatic heterocycles. The maximum Gasteiger partial charge on any atom is 0.131 e. The minimum Gasteiger partial charge on any atom is -0.356 e. The second kappa shape index (κ2) is 6.48. The van der Waals surface area contributed by atoms with Gasteiger partial charge in [0.1, 0.15) is 5.82 Å². The van der Waals surface area contributed by atoms with E-state index in [0.717, 1.165) is 35.1 Å². The molecule has 0 saturated carbocycles. The number of aryl methyl sites for hydroxylation is 1. The molecule has 0 aliphatic rings. The molecule has 0 bridgehead atoms. The lowest BCUT2D eigenvalue weighted by Gasteiger charge is -2.23. The topological polar surface area (TPSA) is 16.1 Å². The Kier molecular flexibility index (Phi) is 5.61. The molecular formula is C11H16Br2N2. The first-order valence-corrected chi connectivity index (χ1v) is 7.03. The molecule has 0 spiro atoms. The summed E-state index contributed by atoms with van der Waals surface area (Å²) >= 11 is 6.91. The number of pyridine rings is 1. The first kappa shape index (κ1) is 13.0. The largest absolute Gasteiger partial charge is 0.356 e. The van der Waals surface area contributed by atoms with Gasteiger partial charge in [0, 0.05) is 29.1 Å². The summed E-state index contributed by atoms with van der Waals surface area (Å²) in [5.41, 5.74) is 1.22. The van der Waals surface area contributed by atoms with Crippen LogP contribution >= 0.6 is 31.9 Å². The lowest BCUT2D eigenvalue weighted by Crippen LogP contribution is -2.27. The van der Waals surface area contributed by atoms with E-state index in [1.807, 2.05) is 6.20 Å². The van der Waals surface area contributed by atoms with Crippen LogP contribution in [0.1, 0.15) is 18.9 Å². The Labute approximate surface area is 108 Å².